The second-order valence-electron chi connectivity index (χ2n) is 10.5. The summed E-state index contributed by atoms with van der Waals surface area (Å²) < 4.78 is 6.24. The molecule has 0 aliphatic rings. The fourth-order valence-electron chi connectivity index (χ4n) is 5.19. The molecule has 0 amide bonds. The summed E-state index contributed by atoms with van der Waals surface area (Å²) in [4.78, 5) is 15.1. The average molecular weight is 568 g/mol. The van der Waals surface area contributed by atoms with E-state index in [4.69, 9.17) is 19.7 Å². The zero-order valence-electron chi connectivity index (χ0n) is 24.0. The third-order valence-electron chi connectivity index (χ3n) is 7.43. The van der Waals surface area contributed by atoms with E-state index in [0.29, 0.717) is 12.4 Å². The lowest BCUT2D eigenvalue weighted by atomic mass is 10.0. The molecule has 0 unspecified atom stereocenters. The predicted octanol–water partition coefficient (Wildman–Crippen LogP) is 9.79. The van der Waals surface area contributed by atoms with Gasteiger partial charge in [0.25, 0.3) is 0 Å². The Balaban J connectivity index is 1.24. The molecule has 210 valence electrons. The van der Waals surface area contributed by atoms with Crippen LogP contribution in [0.3, 0.4) is 0 Å². The Hall–Kier alpha value is -5.87. The van der Waals surface area contributed by atoms with Crippen molar-refractivity contribution in [1.29, 1.82) is 0 Å². The fraction of sp³-hybridized carbons (Fsp3) is 0.0250. The highest BCUT2D eigenvalue weighted by molar-refractivity contribution is 5.75. The van der Waals surface area contributed by atoms with Gasteiger partial charge in [0, 0.05) is 27.8 Å². The van der Waals surface area contributed by atoms with E-state index in [0.717, 1.165) is 61.9 Å². The standard InChI is InChI=1S/C40H29N3O/c1-4-14-29(15-5-1)28-44-39-25-11-10-22-34(39)36-24-13-23-35(41-36)32-20-12-21-33(26-32)40-42-37(30-16-6-2-7-17-30)27-38(43-40)31-18-8-3-9-19-31/h1-27H,28H2. The minimum absolute atomic E-state index is 0.493. The van der Waals surface area contributed by atoms with E-state index in [-0.39, 0.29) is 0 Å². The van der Waals surface area contributed by atoms with E-state index in [1.165, 1.54) is 0 Å². The van der Waals surface area contributed by atoms with Crippen molar-refractivity contribution in [3.05, 3.63) is 169 Å². The van der Waals surface area contributed by atoms with Crippen LogP contribution in [-0.2, 0) is 6.61 Å². The first-order valence-electron chi connectivity index (χ1n) is 14.6. The largest absolute Gasteiger partial charge is 0.488 e. The SMILES string of the molecule is c1ccc(COc2ccccc2-c2cccc(-c3cccc(-c4nc(-c5ccccc5)cc(-c5ccccc5)n4)c3)n2)cc1. The Kier molecular flexibility index (Phi) is 7.70. The summed E-state index contributed by atoms with van der Waals surface area (Å²) >= 11 is 0. The van der Waals surface area contributed by atoms with Gasteiger partial charge in [-0.05, 0) is 42.0 Å². The first-order valence-corrected chi connectivity index (χ1v) is 14.6. The molecule has 0 bridgehead atoms. The van der Waals surface area contributed by atoms with Gasteiger partial charge in [-0.3, -0.25) is 0 Å². The van der Waals surface area contributed by atoms with Gasteiger partial charge in [0.2, 0.25) is 0 Å². The maximum Gasteiger partial charge on any atom is 0.160 e. The van der Waals surface area contributed by atoms with E-state index in [2.05, 4.69) is 66.7 Å². The van der Waals surface area contributed by atoms with E-state index < -0.39 is 0 Å². The predicted molar refractivity (Wildman–Crippen MR) is 178 cm³/mol. The van der Waals surface area contributed by atoms with Gasteiger partial charge in [-0.25, -0.2) is 15.0 Å². The van der Waals surface area contributed by atoms with Crippen molar-refractivity contribution in [1.82, 2.24) is 15.0 Å². The first kappa shape index (κ1) is 27.0. The molecule has 0 atom stereocenters. The van der Waals surface area contributed by atoms with Crippen LogP contribution < -0.4 is 4.74 Å². The molecule has 2 heterocycles. The Bertz CT molecular complexity index is 1950. The Labute approximate surface area is 257 Å². The second kappa shape index (κ2) is 12.6. The summed E-state index contributed by atoms with van der Waals surface area (Å²) in [5, 5.41) is 0. The molecule has 0 fully saturated rings. The highest BCUT2D eigenvalue weighted by Gasteiger charge is 2.13. The zero-order chi connectivity index (χ0) is 29.6. The number of ether oxygens (including phenoxy) is 1. The minimum atomic E-state index is 0.493. The average Bonchev–Trinajstić information content (AvgIpc) is 3.12. The van der Waals surface area contributed by atoms with Crippen LogP contribution in [0.4, 0.5) is 0 Å². The molecule has 4 heteroatoms. The van der Waals surface area contributed by atoms with Crippen molar-refractivity contribution < 1.29 is 4.74 Å². The van der Waals surface area contributed by atoms with Gasteiger partial charge in [-0.2, -0.15) is 0 Å². The highest BCUT2D eigenvalue weighted by Crippen LogP contribution is 2.33. The topological polar surface area (TPSA) is 47.9 Å². The molecule has 0 spiro atoms. The van der Waals surface area contributed by atoms with E-state index >= 15 is 0 Å². The number of para-hydroxylation sites is 1. The molecule has 44 heavy (non-hydrogen) atoms. The van der Waals surface area contributed by atoms with Gasteiger partial charge in [0.1, 0.15) is 12.4 Å². The summed E-state index contributed by atoms with van der Waals surface area (Å²) in [6.07, 6.45) is 0. The number of benzene rings is 5. The molecule has 0 N–H and O–H groups in total. The van der Waals surface area contributed by atoms with E-state index in [1.807, 2.05) is 97.1 Å². The third kappa shape index (κ3) is 6.01. The van der Waals surface area contributed by atoms with Crippen LogP contribution in [0, 0.1) is 0 Å². The summed E-state index contributed by atoms with van der Waals surface area (Å²) in [6.45, 7) is 0.493. The van der Waals surface area contributed by atoms with Crippen molar-refractivity contribution in [3.63, 3.8) is 0 Å². The monoisotopic (exact) mass is 567 g/mol. The van der Waals surface area contributed by atoms with Gasteiger partial charge >= 0.3 is 0 Å². The molecule has 2 aromatic heterocycles. The summed E-state index contributed by atoms with van der Waals surface area (Å²) in [6, 6.07) is 55.1. The van der Waals surface area contributed by atoms with Crippen molar-refractivity contribution in [2.75, 3.05) is 0 Å². The molecule has 0 radical (unpaired) electrons. The quantitative estimate of drug-likeness (QED) is 0.183. The van der Waals surface area contributed by atoms with Crippen LogP contribution in [0.15, 0.2) is 164 Å². The van der Waals surface area contributed by atoms with E-state index in [1.54, 1.807) is 0 Å². The first-order chi connectivity index (χ1) is 21.8. The molecule has 7 aromatic rings. The van der Waals surface area contributed by atoms with Crippen LogP contribution in [-0.4, -0.2) is 15.0 Å². The summed E-state index contributed by atoms with van der Waals surface area (Å²) in [5.41, 5.74) is 9.56. The lowest BCUT2D eigenvalue weighted by Gasteiger charge is -2.13. The lowest BCUT2D eigenvalue weighted by Crippen LogP contribution is -1.98. The number of nitrogens with zero attached hydrogens (tertiary/aromatic N) is 3. The van der Waals surface area contributed by atoms with Crippen molar-refractivity contribution >= 4 is 0 Å². The van der Waals surface area contributed by atoms with E-state index in [9.17, 15) is 0 Å². The minimum Gasteiger partial charge on any atom is -0.488 e. The highest BCUT2D eigenvalue weighted by atomic mass is 16.5. The zero-order valence-corrected chi connectivity index (χ0v) is 24.0. The number of rotatable bonds is 8. The third-order valence-corrected chi connectivity index (χ3v) is 7.43. The Morgan fingerprint density at radius 1 is 0.386 bits per heavy atom. The maximum absolute atomic E-state index is 6.24. The normalized spacial score (nSPS) is 10.8. The maximum atomic E-state index is 6.24. The van der Waals surface area contributed by atoms with Gasteiger partial charge in [-0.15, -0.1) is 0 Å². The summed E-state index contributed by atoms with van der Waals surface area (Å²) in [7, 11) is 0. The summed E-state index contributed by atoms with van der Waals surface area (Å²) in [5.74, 6) is 1.47. The van der Waals surface area contributed by atoms with Crippen molar-refractivity contribution in [2.45, 2.75) is 6.61 Å². The van der Waals surface area contributed by atoms with Crippen LogP contribution in [0.1, 0.15) is 5.56 Å². The van der Waals surface area contributed by atoms with Gasteiger partial charge in [0.05, 0.1) is 22.8 Å². The van der Waals surface area contributed by atoms with Crippen LogP contribution in [0.5, 0.6) is 5.75 Å². The molecular weight excluding hydrogens is 538 g/mol. The molecule has 7 rings (SSSR count). The molecule has 4 nitrogen and oxygen atoms in total. The van der Waals surface area contributed by atoms with Crippen LogP contribution in [0.25, 0.3) is 56.4 Å². The molecule has 0 saturated carbocycles. The van der Waals surface area contributed by atoms with Gasteiger partial charge in [-0.1, -0.05) is 127 Å². The second-order valence-corrected chi connectivity index (χ2v) is 10.5. The Morgan fingerprint density at radius 3 is 1.64 bits per heavy atom. The number of hydrogen-bond donors (Lipinski definition) is 0. The van der Waals surface area contributed by atoms with Gasteiger partial charge in [0.15, 0.2) is 5.82 Å². The molecular formula is C40H29N3O. The van der Waals surface area contributed by atoms with Crippen LogP contribution in [0.2, 0.25) is 0 Å². The molecule has 0 saturated heterocycles. The van der Waals surface area contributed by atoms with Crippen molar-refractivity contribution in [3.8, 4) is 62.2 Å². The molecule has 0 aliphatic heterocycles. The number of pyridine rings is 1. The van der Waals surface area contributed by atoms with Crippen molar-refractivity contribution in [2.24, 2.45) is 0 Å². The lowest BCUT2D eigenvalue weighted by molar-refractivity contribution is 0.307. The molecule has 5 aromatic carbocycles. The number of aromatic nitrogens is 3. The van der Waals surface area contributed by atoms with Gasteiger partial charge < -0.3 is 4.74 Å². The Morgan fingerprint density at radius 2 is 0.932 bits per heavy atom. The van der Waals surface area contributed by atoms with Crippen LogP contribution >= 0.6 is 0 Å². The smallest absolute Gasteiger partial charge is 0.160 e. The number of hydrogen-bond acceptors (Lipinski definition) is 4. The fourth-order valence-corrected chi connectivity index (χ4v) is 5.19. The molecule has 0 aliphatic carbocycles.